The number of hydrogen-bond acceptors (Lipinski definition) is 4. The smallest absolute Gasteiger partial charge is 0.337 e. The van der Waals surface area contributed by atoms with Crippen LogP contribution in [0, 0.1) is 0 Å². The van der Waals surface area contributed by atoms with Gasteiger partial charge in [-0.05, 0) is 40.1 Å². The van der Waals surface area contributed by atoms with Crippen LogP contribution in [0.25, 0.3) is 0 Å². The van der Waals surface area contributed by atoms with Gasteiger partial charge in [0.1, 0.15) is 0 Å². The summed E-state index contributed by atoms with van der Waals surface area (Å²) in [5.41, 5.74) is 8.71. The highest BCUT2D eigenvalue weighted by Gasteiger charge is 2.10. The van der Waals surface area contributed by atoms with Crippen LogP contribution in [0.15, 0.2) is 41.1 Å². The number of esters is 1. The van der Waals surface area contributed by atoms with Crippen LogP contribution < -0.4 is 5.73 Å². The summed E-state index contributed by atoms with van der Waals surface area (Å²) in [7, 11) is 1.37. The Labute approximate surface area is 104 Å². The second-order valence-corrected chi connectivity index (χ2v) is 4.43. The zero-order valence-electron chi connectivity index (χ0n) is 9.42. The number of methoxy groups -OCH3 is 1. The molecule has 88 valence electrons. The third-order valence-electron chi connectivity index (χ3n) is 2.59. The molecule has 0 amide bonds. The molecule has 0 aliphatic rings. The molecule has 0 bridgehead atoms. The minimum absolute atomic E-state index is 0.145. The number of thiophene rings is 1. The normalized spacial score (nSPS) is 12.1. The third-order valence-corrected chi connectivity index (χ3v) is 3.29. The maximum atomic E-state index is 11.3. The molecule has 4 heteroatoms. The molecule has 17 heavy (non-hydrogen) atoms. The lowest BCUT2D eigenvalue weighted by atomic mass is 10.0. The molecule has 1 aromatic carbocycles. The van der Waals surface area contributed by atoms with Gasteiger partial charge in [-0.15, -0.1) is 0 Å². The van der Waals surface area contributed by atoms with Crippen LogP contribution in [0.4, 0.5) is 0 Å². The van der Waals surface area contributed by atoms with Gasteiger partial charge in [0.05, 0.1) is 18.7 Å². The number of ether oxygens (including phenoxy) is 1. The third kappa shape index (κ3) is 2.54. The van der Waals surface area contributed by atoms with Crippen molar-refractivity contribution < 1.29 is 9.53 Å². The predicted octanol–water partition coefficient (Wildman–Crippen LogP) is 2.58. The largest absolute Gasteiger partial charge is 0.465 e. The molecule has 2 aromatic rings. The summed E-state index contributed by atoms with van der Waals surface area (Å²) in [5.74, 6) is -0.333. The molecule has 1 heterocycles. The van der Waals surface area contributed by atoms with Crippen LogP contribution >= 0.6 is 11.3 Å². The van der Waals surface area contributed by atoms with Crippen molar-refractivity contribution in [2.24, 2.45) is 5.73 Å². The summed E-state index contributed by atoms with van der Waals surface area (Å²) in [4.78, 5) is 11.3. The van der Waals surface area contributed by atoms with Crippen LogP contribution in [-0.2, 0) is 4.74 Å². The molecular formula is C13H13NO2S. The van der Waals surface area contributed by atoms with Crippen molar-refractivity contribution in [2.75, 3.05) is 7.11 Å². The Bertz CT molecular complexity index is 491. The van der Waals surface area contributed by atoms with Crippen LogP contribution in [0.2, 0.25) is 0 Å². The van der Waals surface area contributed by atoms with E-state index < -0.39 is 0 Å². The highest BCUT2D eigenvalue weighted by atomic mass is 32.1. The Morgan fingerprint density at radius 2 is 1.94 bits per heavy atom. The van der Waals surface area contributed by atoms with Gasteiger partial charge in [-0.2, -0.15) is 11.3 Å². The average Bonchev–Trinajstić information content (AvgIpc) is 2.91. The fourth-order valence-electron chi connectivity index (χ4n) is 1.59. The van der Waals surface area contributed by atoms with E-state index in [0.29, 0.717) is 5.56 Å². The lowest BCUT2D eigenvalue weighted by molar-refractivity contribution is 0.0600. The number of carbonyl (C=O) groups excluding carboxylic acids is 1. The van der Waals surface area contributed by atoms with Crippen LogP contribution in [0.3, 0.4) is 0 Å². The van der Waals surface area contributed by atoms with Crippen molar-refractivity contribution in [3.05, 3.63) is 57.8 Å². The monoisotopic (exact) mass is 247 g/mol. The molecule has 0 radical (unpaired) electrons. The van der Waals surface area contributed by atoms with E-state index in [2.05, 4.69) is 4.74 Å². The van der Waals surface area contributed by atoms with Crippen LogP contribution in [0.1, 0.15) is 27.5 Å². The number of benzene rings is 1. The van der Waals surface area contributed by atoms with E-state index in [-0.39, 0.29) is 12.0 Å². The minimum Gasteiger partial charge on any atom is -0.465 e. The molecule has 0 saturated heterocycles. The topological polar surface area (TPSA) is 52.3 Å². The van der Waals surface area contributed by atoms with E-state index in [1.54, 1.807) is 23.5 Å². The quantitative estimate of drug-likeness (QED) is 0.848. The zero-order chi connectivity index (χ0) is 12.3. The summed E-state index contributed by atoms with van der Waals surface area (Å²) in [6.07, 6.45) is 0. The second kappa shape index (κ2) is 5.12. The number of carbonyl (C=O) groups is 1. The van der Waals surface area contributed by atoms with E-state index >= 15 is 0 Å². The summed E-state index contributed by atoms with van der Waals surface area (Å²) in [6, 6.07) is 9.03. The van der Waals surface area contributed by atoms with Crippen molar-refractivity contribution in [1.82, 2.24) is 0 Å². The standard InChI is InChI=1S/C13H13NO2S/c1-16-13(15)10-4-2-9(3-5-10)12(14)11-6-7-17-8-11/h2-8,12H,14H2,1H3/t12-/m0/s1. The molecule has 0 spiro atoms. The molecule has 0 aliphatic heterocycles. The summed E-state index contributed by atoms with van der Waals surface area (Å²) in [5, 5.41) is 4.02. The molecular weight excluding hydrogens is 234 g/mol. The molecule has 3 nitrogen and oxygen atoms in total. The van der Waals surface area contributed by atoms with Gasteiger partial charge in [0, 0.05) is 0 Å². The lowest BCUT2D eigenvalue weighted by Crippen LogP contribution is -2.11. The van der Waals surface area contributed by atoms with Crippen molar-refractivity contribution in [1.29, 1.82) is 0 Å². The van der Waals surface area contributed by atoms with Gasteiger partial charge in [0.15, 0.2) is 0 Å². The van der Waals surface area contributed by atoms with E-state index in [9.17, 15) is 4.79 Å². The second-order valence-electron chi connectivity index (χ2n) is 3.65. The van der Waals surface area contributed by atoms with Gasteiger partial charge < -0.3 is 10.5 Å². The first-order chi connectivity index (χ1) is 8.22. The molecule has 0 aliphatic carbocycles. The Morgan fingerprint density at radius 1 is 1.24 bits per heavy atom. The number of hydrogen-bond donors (Lipinski definition) is 1. The number of rotatable bonds is 3. The van der Waals surface area contributed by atoms with Gasteiger partial charge in [-0.3, -0.25) is 0 Å². The maximum Gasteiger partial charge on any atom is 0.337 e. The van der Waals surface area contributed by atoms with Crippen molar-refractivity contribution >= 4 is 17.3 Å². The SMILES string of the molecule is COC(=O)c1ccc([C@H](N)c2ccsc2)cc1. The minimum atomic E-state index is -0.333. The Kier molecular flexibility index (Phi) is 3.56. The summed E-state index contributed by atoms with van der Waals surface area (Å²) in [6.45, 7) is 0. The molecule has 2 rings (SSSR count). The van der Waals surface area contributed by atoms with E-state index in [1.165, 1.54) is 7.11 Å². The number of nitrogens with two attached hydrogens (primary N) is 1. The maximum absolute atomic E-state index is 11.3. The molecule has 1 aromatic heterocycles. The Balaban J connectivity index is 2.21. The highest BCUT2D eigenvalue weighted by molar-refractivity contribution is 7.08. The Morgan fingerprint density at radius 3 is 2.47 bits per heavy atom. The van der Waals surface area contributed by atoms with Crippen molar-refractivity contribution in [3.63, 3.8) is 0 Å². The summed E-state index contributed by atoms with van der Waals surface area (Å²) < 4.78 is 4.64. The Hall–Kier alpha value is -1.65. The van der Waals surface area contributed by atoms with Crippen LogP contribution in [-0.4, -0.2) is 13.1 Å². The predicted molar refractivity (Wildman–Crippen MR) is 68.1 cm³/mol. The van der Waals surface area contributed by atoms with Gasteiger partial charge in [-0.1, -0.05) is 12.1 Å². The van der Waals surface area contributed by atoms with Crippen molar-refractivity contribution in [3.8, 4) is 0 Å². The molecule has 0 unspecified atom stereocenters. The fourth-order valence-corrected chi connectivity index (χ4v) is 2.29. The van der Waals surface area contributed by atoms with Gasteiger partial charge >= 0.3 is 5.97 Å². The first kappa shape index (κ1) is 11.8. The zero-order valence-corrected chi connectivity index (χ0v) is 10.2. The van der Waals surface area contributed by atoms with Gasteiger partial charge in [0.25, 0.3) is 0 Å². The lowest BCUT2D eigenvalue weighted by Gasteiger charge is -2.10. The first-order valence-corrected chi connectivity index (χ1v) is 6.12. The van der Waals surface area contributed by atoms with Crippen molar-refractivity contribution in [2.45, 2.75) is 6.04 Å². The summed E-state index contributed by atoms with van der Waals surface area (Å²) >= 11 is 1.62. The molecule has 2 N–H and O–H groups in total. The van der Waals surface area contributed by atoms with Crippen LogP contribution in [0.5, 0.6) is 0 Å². The van der Waals surface area contributed by atoms with E-state index in [4.69, 9.17) is 5.73 Å². The first-order valence-electron chi connectivity index (χ1n) is 5.18. The van der Waals surface area contributed by atoms with E-state index in [1.807, 2.05) is 29.0 Å². The van der Waals surface area contributed by atoms with Gasteiger partial charge in [0.2, 0.25) is 0 Å². The highest BCUT2D eigenvalue weighted by Crippen LogP contribution is 2.22. The molecule has 1 atom stereocenters. The molecule has 0 fully saturated rings. The van der Waals surface area contributed by atoms with E-state index in [0.717, 1.165) is 11.1 Å². The fraction of sp³-hybridized carbons (Fsp3) is 0.154. The van der Waals surface area contributed by atoms with Gasteiger partial charge in [-0.25, -0.2) is 4.79 Å². The average molecular weight is 247 g/mol. The molecule has 0 saturated carbocycles.